The molecule has 3 rings (SSSR count). The fraction of sp³-hybridized carbons (Fsp3) is 0.429. The SMILES string of the molecule is CNC(=O)c1cccnc1NC1CCCN(CCCc2ccccc2)C1. The van der Waals surface area contributed by atoms with Gasteiger partial charge in [-0.2, -0.15) is 0 Å². The number of nitrogens with zero attached hydrogens (tertiary/aromatic N) is 2. The first-order valence-electron chi connectivity index (χ1n) is 9.46. The van der Waals surface area contributed by atoms with Crippen LogP contribution in [0.15, 0.2) is 48.7 Å². The molecule has 0 saturated carbocycles. The fourth-order valence-electron chi connectivity index (χ4n) is 3.56. The van der Waals surface area contributed by atoms with Crippen LogP contribution in [-0.2, 0) is 6.42 Å². The van der Waals surface area contributed by atoms with Crippen molar-refractivity contribution in [1.82, 2.24) is 15.2 Å². The fourth-order valence-corrected chi connectivity index (χ4v) is 3.56. The van der Waals surface area contributed by atoms with E-state index in [1.54, 1.807) is 19.3 Å². The summed E-state index contributed by atoms with van der Waals surface area (Å²) in [5, 5.41) is 6.17. The van der Waals surface area contributed by atoms with Gasteiger partial charge in [-0.1, -0.05) is 30.3 Å². The lowest BCUT2D eigenvalue weighted by molar-refractivity contribution is 0.0963. The van der Waals surface area contributed by atoms with Crippen molar-refractivity contribution in [2.45, 2.75) is 31.7 Å². The van der Waals surface area contributed by atoms with Crippen LogP contribution in [0.1, 0.15) is 35.2 Å². The minimum absolute atomic E-state index is 0.101. The minimum atomic E-state index is -0.101. The number of rotatable bonds is 7. The summed E-state index contributed by atoms with van der Waals surface area (Å²) in [5.41, 5.74) is 2.01. The summed E-state index contributed by atoms with van der Waals surface area (Å²) >= 11 is 0. The van der Waals surface area contributed by atoms with Gasteiger partial charge in [0.05, 0.1) is 5.56 Å². The molecular weight excluding hydrogens is 324 g/mol. The van der Waals surface area contributed by atoms with E-state index in [2.05, 4.69) is 50.8 Å². The van der Waals surface area contributed by atoms with Gasteiger partial charge >= 0.3 is 0 Å². The van der Waals surface area contributed by atoms with Crippen LogP contribution in [0.5, 0.6) is 0 Å². The number of hydrogen-bond acceptors (Lipinski definition) is 4. The molecule has 1 aromatic heterocycles. The van der Waals surface area contributed by atoms with Crippen LogP contribution in [0.25, 0.3) is 0 Å². The summed E-state index contributed by atoms with van der Waals surface area (Å²) in [7, 11) is 1.65. The van der Waals surface area contributed by atoms with Gasteiger partial charge in [0.15, 0.2) is 0 Å². The highest BCUT2D eigenvalue weighted by Gasteiger charge is 2.21. The first kappa shape index (κ1) is 18.4. The Labute approximate surface area is 155 Å². The van der Waals surface area contributed by atoms with Gasteiger partial charge in [-0.15, -0.1) is 0 Å². The first-order chi connectivity index (χ1) is 12.8. The first-order valence-corrected chi connectivity index (χ1v) is 9.46. The average molecular weight is 352 g/mol. The predicted octanol–water partition coefficient (Wildman–Crippen LogP) is 2.95. The number of carbonyl (C=O) groups excluding carboxylic acids is 1. The summed E-state index contributed by atoms with van der Waals surface area (Å²) in [4.78, 5) is 18.9. The van der Waals surface area contributed by atoms with E-state index in [0.717, 1.165) is 32.5 Å². The summed E-state index contributed by atoms with van der Waals surface area (Å²) in [6.07, 6.45) is 6.31. The van der Waals surface area contributed by atoms with Crippen LogP contribution in [0.3, 0.4) is 0 Å². The van der Waals surface area contributed by atoms with Crippen molar-refractivity contribution in [1.29, 1.82) is 0 Å². The second kappa shape index (κ2) is 9.34. The molecule has 0 radical (unpaired) electrons. The van der Waals surface area contributed by atoms with Crippen molar-refractivity contribution >= 4 is 11.7 Å². The van der Waals surface area contributed by atoms with Gasteiger partial charge in [-0.25, -0.2) is 4.98 Å². The maximum absolute atomic E-state index is 12.0. The Hall–Kier alpha value is -2.40. The number of hydrogen-bond donors (Lipinski definition) is 2. The van der Waals surface area contributed by atoms with Gasteiger partial charge in [-0.05, 0) is 56.5 Å². The maximum Gasteiger partial charge on any atom is 0.254 e. The number of benzene rings is 1. The highest BCUT2D eigenvalue weighted by atomic mass is 16.1. The monoisotopic (exact) mass is 352 g/mol. The number of carbonyl (C=O) groups is 1. The Kier molecular flexibility index (Phi) is 6.61. The number of nitrogens with one attached hydrogen (secondary N) is 2. The highest BCUT2D eigenvalue weighted by Crippen LogP contribution is 2.18. The molecule has 2 heterocycles. The Morgan fingerprint density at radius 2 is 2.08 bits per heavy atom. The van der Waals surface area contributed by atoms with Gasteiger partial charge < -0.3 is 15.5 Å². The van der Waals surface area contributed by atoms with Crippen LogP contribution >= 0.6 is 0 Å². The topological polar surface area (TPSA) is 57.3 Å². The summed E-state index contributed by atoms with van der Waals surface area (Å²) in [6, 6.07) is 14.6. The summed E-state index contributed by atoms with van der Waals surface area (Å²) in [6.45, 7) is 3.26. The molecule has 26 heavy (non-hydrogen) atoms. The third-order valence-corrected chi connectivity index (χ3v) is 4.91. The van der Waals surface area contributed by atoms with E-state index in [-0.39, 0.29) is 5.91 Å². The molecule has 0 spiro atoms. The number of piperidine rings is 1. The lowest BCUT2D eigenvalue weighted by Gasteiger charge is -2.33. The van der Waals surface area contributed by atoms with E-state index in [1.165, 1.54) is 18.4 Å². The number of aryl methyl sites for hydroxylation is 1. The van der Waals surface area contributed by atoms with Crippen molar-refractivity contribution in [3.05, 3.63) is 59.8 Å². The van der Waals surface area contributed by atoms with Gasteiger partial charge in [0.2, 0.25) is 0 Å². The zero-order chi connectivity index (χ0) is 18.2. The van der Waals surface area contributed by atoms with Crippen LogP contribution in [0, 0.1) is 0 Å². The number of anilines is 1. The Morgan fingerprint density at radius 3 is 2.88 bits per heavy atom. The normalized spacial score (nSPS) is 17.7. The van der Waals surface area contributed by atoms with E-state index in [4.69, 9.17) is 0 Å². The third-order valence-electron chi connectivity index (χ3n) is 4.91. The third kappa shape index (κ3) is 5.05. The van der Waals surface area contributed by atoms with Crippen molar-refractivity contribution in [3.8, 4) is 0 Å². The van der Waals surface area contributed by atoms with E-state index in [1.807, 2.05) is 6.07 Å². The Morgan fingerprint density at radius 1 is 1.23 bits per heavy atom. The number of likely N-dealkylation sites (tertiary alicyclic amines) is 1. The molecule has 1 aliphatic rings. The van der Waals surface area contributed by atoms with Crippen molar-refractivity contribution in [3.63, 3.8) is 0 Å². The quantitative estimate of drug-likeness (QED) is 0.804. The molecule has 0 bridgehead atoms. The lowest BCUT2D eigenvalue weighted by Crippen LogP contribution is -2.43. The largest absolute Gasteiger partial charge is 0.365 e. The Bertz CT molecular complexity index is 704. The van der Waals surface area contributed by atoms with Gasteiger partial charge in [0.1, 0.15) is 5.82 Å². The van der Waals surface area contributed by atoms with Crippen molar-refractivity contribution in [2.75, 3.05) is 32.0 Å². The molecule has 1 unspecified atom stereocenters. The molecule has 5 nitrogen and oxygen atoms in total. The van der Waals surface area contributed by atoms with Crippen molar-refractivity contribution in [2.24, 2.45) is 0 Å². The molecule has 0 aliphatic carbocycles. The molecule has 5 heteroatoms. The standard InChI is InChI=1S/C21H28N4O/c1-22-21(26)19-12-5-13-23-20(19)24-18-11-7-15-25(16-18)14-6-10-17-8-3-2-4-9-17/h2-5,8-9,12-13,18H,6-7,10-11,14-16H2,1H3,(H,22,26)(H,23,24). The second-order valence-corrected chi connectivity index (χ2v) is 6.85. The van der Waals surface area contributed by atoms with Gasteiger partial charge in [-0.3, -0.25) is 4.79 Å². The molecular formula is C21H28N4O. The average Bonchev–Trinajstić information content (AvgIpc) is 2.69. The summed E-state index contributed by atoms with van der Waals surface area (Å²) in [5.74, 6) is 0.583. The zero-order valence-electron chi connectivity index (χ0n) is 15.4. The molecule has 1 aliphatic heterocycles. The van der Waals surface area contributed by atoms with E-state index < -0.39 is 0 Å². The van der Waals surface area contributed by atoms with E-state index >= 15 is 0 Å². The predicted molar refractivity (Wildman–Crippen MR) is 105 cm³/mol. The second-order valence-electron chi connectivity index (χ2n) is 6.85. The van der Waals surface area contributed by atoms with Crippen LogP contribution < -0.4 is 10.6 Å². The van der Waals surface area contributed by atoms with Crippen LogP contribution in [0.2, 0.25) is 0 Å². The number of amides is 1. The molecule has 1 atom stereocenters. The molecule has 2 aromatic rings. The van der Waals surface area contributed by atoms with Crippen molar-refractivity contribution < 1.29 is 4.79 Å². The number of pyridine rings is 1. The maximum atomic E-state index is 12.0. The zero-order valence-corrected chi connectivity index (χ0v) is 15.4. The van der Waals surface area contributed by atoms with Gasteiger partial charge in [0, 0.05) is 25.8 Å². The number of aromatic nitrogens is 1. The molecule has 1 saturated heterocycles. The van der Waals surface area contributed by atoms with Gasteiger partial charge in [0.25, 0.3) is 5.91 Å². The van der Waals surface area contributed by atoms with Crippen LogP contribution in [0.4, 0.5) is 5.82 Å². The van der Waals surface area contributed by atoms with E-state index in [9.17, 15) is 4.79 Å². The molecule has 138 valence electrons. The highest BCUT2D eigenvalue weighted by molar-refractivity contribution is 5.98. The van der Waals surface area contributed by atoms with Crippen LogP contribution in [-0.4, -0.2) is 48.5 Å². The molecule has 1 aromatic carbocycles. The Balaban J connectivity index is 1.52. The lowest BCUT2D eigenvalue weighted by atomic mass is 10.0. The summed E-state index contributed by atoms with van der Waals surface area (Å²) < 4.78 is 0. The molecule has 1 amide bonds. The van der Waals surface area contributed by atoms with E-state index in [0.29, 0.717) is 17.4 Å². The smallest absolute Gasteiger partial charge is 0.254 e. The molecule has 2 N–H and O–H groups in total. The minimum Gasteiger partial charge on any atom is -0.365 e. The molecule has 1 fully saturated rings.